The number of amides is 2. The summed E-state index contributed by atoms with van der Waals surface area (Å²) in [4.78, 5) is 25.8. The van der Waals surface area contributed by atoms with Gasteiger partial charge in [-0.15, -0.1) is 0 Å². The molecule has 1 heterocycles. The van der Waals surface area contributed by atoms with Gasteiger partial charge in [0.15, 0.2) is 0 Å². The second kappa shape index (κ2) is 6.89. The Hall–Kier alpha value is -1.10. The van der Waals surface area contributed by atoms with Crippen molar-refractivity contribution >= 4 is 11.8 Å². The normalized spacial score (nSPS) is 24.5. The van der Waals surface area contributed by atoms with Crippen molar-refractivity contribution in [2.45, 2.75) is 44.6 Å². The van der Waals surface area contributed by atoms with E-state index < -0.39 is 0 Å². The lowest BCUT2D eigenvalue weighted by Crippen LogP contribution is -2.42. The van der Waals surface area contributed by atoms with Gasteiger partial charge < -0.3 is 15.5 Å². The number of carbonyl (C=O) groups is 2. The van der Waals surface area contributed by atoms with Crippen LogP contribution in [0.25, 0.3) is 0 Å². The molecule has 0 aromatic heterocycles. The van der Waals surface area contributed by atoms with E-state index in [9.17, 15) is 9.59 Å². The zero-order valence-electron chi connectivity index (χ0n) is 11.8. The Labute approximate surface area is 115 Å². The Morgan fingerprint density at radius 2 is 1.89 bits per heavy atom. The largest absolute Gasteiger partial charge is 0.350 e. The van der Waals surface area contributed by atoms with Crippen LogP contribution in [0.4, 0.5) is 0 Å². The lowest BCUT2D eigenvalue weighted by atomic mass is 9.88. The monoisotopic (exact) mass is 267 g/mol. The molecule has 1 aliphatic carbocycles. The molecule has 1 atom stereocenters. The number of likely N-dealkylation sites (tertiary alicyclic amines) is 1. The zero-order chi connectivity index (χ0) is 13.7. The Morgan fingerprint density at radius 1 is 1.16 bits per heavy atom. The van der Waals surface area contributed by atoms with Crippen LogP contribution in [0.15, 0.2) is 0 Å². The third-order valence-corrected chi connectivity index (χ3v) is 4.16. The van der Waals surface area contributed by atoms with E-state index in [1.165, 1.54) is 19.3 Å². The van der Waals surface area contributed by atoms with Gasteiger partial charge in [-0.1, -0.05) is 19.3 Å². The molecule has 108 valence electrons. The van der Waals surface area contributed by atoms with Crippen molar-refractivity contribution in [1.82, 2.24) is 15.5 Å². The van der Waals surface area contributed by atoms with E-state index in [0.29, 0.717) is 19.0 Å². The van der Waals surface area contributed by atoms with Crippen molar-refractivity contribution in [2.75, 3.05) is 26.7 Å². The summed E-state index contributed by atoms with van der Waals surface area (Å²) in [5, 5.41) is 5.81. The lowest BCUT2D eigenvalue weighted by molar-refractivity contribution is -0.135. The van der Waals surface area contributed by atoms with Gasteiger partial charge >= 0.3 is 0 Å². The van der Waals surface area contributed by atoms with Gasteiger partial charge in [-0.3, -0.25) is 9.59 Å². The first-order valence-corrected chi connectivity index (χ1v) is 7.43. The summed E-state index contributed by atoms with van der Waals surface area (Å²) in [6.07, 6.45) is 6.62. The topological polar surface area (TPSA) is 61.4 Å². The number of hydrogen-bond acceptors (Lipinski definition) is 3. The minimum Gasteiger partial charge on any atom is -0.350 e. The molecule has 0 aromatic carbocycles. The number of carbonyl (C=O) groups excluding carboxylic acids is 2. The molecule has 1 saturated carbocycles. The summed E-state index contributed by atoms with van der Waals surface area (Å²) in [7, 11) is 1.76. The number of hydrogen-bond donors (Lipinski definition) is 2. The van der Waals surface area contributed by atoms with Crippen LogP contribution in [-0.2, 0) is 9.59 Å². The average molecular weight is 267 g/mol. The molecule has 19 heavy (non-hydrogen) atoms. The summed E-state index contributed by atoms with van der Waals surface area (Å²) in [5.74, 6) is 0.560. The van der Waals surface area contributed by atoms with E-state index >= 15 is 0 Å². The van der Waals surface area contributed by atoms with Crippen LogP contribution >= 0.6 is 0 Å². The molecule has 1 unspecified atom stereocenters. The second-order valence-corrected chi connectivity index (χ2v) is 5.70. The number of likely N-dealkylation sites (N-methyl/N-ethyl adjacent to an activating group) is 1. The van der Waals surface area contributed by atoms with Crippen molar-refractivity contribution in [3.05, 3.63) is 0 Å². The van der Waals surface area contributed by atoms with Crippen LogP contribution in [0, 0.1) is 5.92 Å². The van der Waals surface area contributed by atoms with Gasteiger partial charge in [0, 0.05) is 25.0 Å². The molecule has 1 saturated heterocycles. The van der Waals surface area contributed by atoms with Gasteiger partial charge in [-0.05, 0) is 26.3 Å². The van der Waals surface area contributed by atoms with Crippen LogP contribution in [-0.4, -0.2) is 49.4 Å². The fourth-order valence-electron chi connectivity index (χ4n) is 3.13. The van der Waals surface area contributed by atoms with E-state index in [0.717, 1.165) is 25.8 Å². The molecule has 5 nitrogen and oxygen atoms in total. The quantitative estimate of drug-likeness (QED) is 0.780. The molecular formula is C14H25N3O2. The van der Waals surface area contributed by atoms with Gasteiger partial charge in [0.05, 0.1) is 6.54 Å². The van der Waals surface area contributed by atoms with Crippen molar-refractivity contribution in [2.24, 2.45) is 5.92 Å². The van der Waals surface area contributed by atoms with Gasteiger partial charge in [0.1, 0.15) is 0 Å². The Bertz CT molecular complexity index is 327. The highest BCUT2D eigenvalue weighted by atomic mass is 16.2. The first-order chi connectivity index (χ1) is 9.20. The maximum absolute atomic E-state index is 12.4. The van der Waals surface area contributed by atoms with Crippen LogP contribution < -0.4 is 10.6 Å². The fourth-order valence-corrected chi connectivity index (χ4v) is 3.13. The van der Waals surface area contributed by atoms with E-state index in [1.807, 2.05) is 4.90 Å². The molecule has 0 aromatic rings. The predicted molar refractivity (Wildman–Crippen MR) is 73.6 cm³/mol. The lowest BCUT2D eigenvalue weighted by Gasteiger charge is -2.26. The second-order valence-electron chi connectivity index (χ2n) is 5.70. The van der Waals surface area contributed by atoms with Crippen molar-refractivity contribution in [1.29, 1.82) is 0 Å². The molecular weight excluding hydrogens is 242 g/mol. The SMILES string of the molecule is CNCC(=O)NC1CCN(C(=O)C2CCCCC2)C1. The number of nitrogens with one attached hydrogen (secondary N) is 2. The van der Waals surface area contributed by atoms with Crippen molar-refractivity contribution in [3.8, 4) is 0 Å². The van der Waals surface area contributed by atoms with Crippen molar-refractivity contribution in [3.63, 3.8) is 0 Å². The molecule has 1 aliphatic heterocycles. The zero-order valence-corrected chi connectivity index (χ0v) is 11.8. The Kier molecular flexibility index (Phi) is 5.19. The summed E-state index contributed by atoms with van der Waals surface area (Å²) in [6.45, 7) is 1.82. The first kappa shape index (κ1) is 14.3. The van der Waals surface area contributed by atoms with Crippen LogP contribution in [0.3, 0.4) is 0 Å². The maximum Gasteiger partial charge on any atom is 0.234 e. The van der Waals surface area contributed by atoms with Crippen LogP contribution in [0.1, 0.15) is 38.5 Å². The maximum atomic E-state index is 12.4. The summed E-state index contributed by atoms with van der Waals surface area (Å²) in [6, 6.07) is 0.133. The average Bonchev–Trinajstić information content (AvgIpc) is 2.87. The molecule has 5 heteroatoms. The van der Waals surface area contributed by atoms with Crippen LogP contribution in [0.2, 0.25) is 0 Å². The minimum atomic E-state index is 0.0134. The summed E-state index contributed by atoms with van der Waals surface area (Å²) < 4.78 is 0. The third-order valence-electron chi connectivity index (χ3n) is 4.16. The number of nitrogens with zero attached hydrogens (tertiary/aromatic N) is 1. The van der Waals surface area contributed by atoms with E-state index in [4.69, 9.17) is 0 Å². The molecule has 0 spiro atoms. The predicted octanol–water partition coefficient (Wildman–Crippen LogP) is 0.503. The Balaban J connectivity index is 1.77. The molecule has 2 fully saturated rings. The highest BCUT2D eigenvalue weighted by Crippen LogP contribution is 2.26. The van der Waals surface area contributed by atoms with Gasteiger partial charge in [-0.2, -0.15) is 0 Å². The minimum absolute atomic E-state index is 0.0134. The molecule has 2 amide bonds. The van der Waals surface area contributed by atoms with Gasteiger partial charge in [0.25, 0.3) is 0 Å². The smallest absolute Gasteiger partial charge is 0.234 e. The van der Waals surface area contributed by atoms with Crippen molar-refractivity contribution < 1.29 is 9.59 Å². The summed E-state index contributed by atoms with van der Waals surface area (Å²) in [5.41, 5.74) is 0. The highest BCUT2D eigenvalue weighted by Gasteiger charge is 2.31. The van der Waals surface area contributed by atoms with E-state index in [2.05, 4.69) is 10.6 Å². The van der Waals surface area contributed by atoms with Gasteiger partial charge in [0.2, 0.25) is 11.8 Å². The third kappa shape index (κ3) is 3.93. The molecule has 0 bridgehead atoms. The molecule has 2 N–H and O–H groups in total. The molecule has 2 aliphatic rings. The van der Waals surface area contributed by atoms with E-state index in [1.54, 1.807) is 7.05 Å². The number of rotatable bonds is 4. The molecule has 0 radical (unpaired) electrons. The summed E-state index contributed by atoms with van der Waals surface area (Å²) >= 11 is 0. The molecule has 2 rings (SSSR count). The first-order valence-electron chi connectivity index (χ1n) is 7.43. The van der Waals surface area contributed by atoms with Gasteiger partial charge in [-0.25, -0.2) is 0 Å². The van der Waals surface area contributed by atoms with E-state index in [-0.39, 0.29) is 17.9 Å². The van der Waals surface area contributed by atoms with Crippen LogP contribution in [0.5, 0.6) is 0 Å². The standard InChI is InChI=1S/C14H25N3O2/c1-15-9-13(18)16-12-7-8-17(10-12)14(19)11-5-3-2-4-6-11/h11-12,15H,2-10H2,1H3,(H,16,18). The fraction of sp³-hybridized carbons (Fsp3) is 0.857. The Morgan fingerprint density at radius 3 is 2.58 bits per heavy atom. The highest BCUT2D eigenvalue weighted by molar-refractivity contribution is 5.80.